The fourth-order valence-electron chi connectivity index (χ4n) is 1.90. The van der Waals surface area contributed by atoms with Gasteiger partial charge in [0.2, 0.25) is 5.91 Å². The number of hydrogen-bond acceptors (Lipinski definition) is 3. The van der Waals surface area contributed by atoms with Gasteiger partial charge >= 0.3 is 0 Å². The number of rotatable bonds is 5. The predicted molar refractivity (Wildman–Crippen MR) is 79.6 cm³/mol. The van der Waals surface area contributed by atoms with E-state index in [0.717, 1.165) is 5.56 Å². The summed E-state index contributed by atoms with van der Waals surface area (Å²) in [6.07, 6.45) is 0. The Balaban J connectivity index is 0.00000324. The Labute approximate surface area is 121 Å². The van der Waals surface area contributed by atoms with Crippen molar-refractivity contribution < 1.29 is 9.53 Å². The van der Waals surface area contributed by atoms with E-state index >= 15 is 0 Å². The van der Waals surface area contributed by atoms with Gasteiger partial charge in [0.25, 0.3) is 0 Å². The Hall–Kier alpha value is -1.10. The lowest BCUT2D eigenvalue weighted by molar-refractivity contribution is -0.124. The van der Waals surface area contributed by atoms with E-state index in [1.807, 2.05) is 19.1 Å². The molecular formula is C14H23ClN2O2. The van der Waals surface area contributed by atoms with Crippen LogP contribution >= 0.6 is 12.4 Å². The predicted octanol–water partition coefficient (Wildman–Crippen LogP) is 1.88. The second kappa shape index (κ2) is 8.15. The molecule has 2 atom stereocenters. The first-order valence-corrected chi connectivity index (χ1v) is 6.08. The number of nitrogens with two attached hydrogens (primary N) is 1. The van der Waals surface area contributed by atoms with Crippen molar-refractivity contribution >= 4 is 18.3 Å². The molecular weight excluding hydrogens is 264 g/mol. The molecule has 108 valence electrons. The topological polar surface area (TPSA) is 64.3 Å². The zero-order chi connectivity index (χ0) is 13.7. The monoisotopic (exact) mass is 286 g/mol. The minimum atomic E-state index is -0.623. The second-order valence-corrected chi connectivity index (χ2v) is 4.58. The van der Waals surface area contributed by atoms with E-state index in [4.69, 9.17) is 10.5 Å². The SMILES string of the molecule is COCC(N)C(=O)NC(C)c1cccc(C)c1C.Cl. The van der Waals surface area contributed by atoms with Gasteiger partial charge in [-0.2, -0.15) is 0 Å². The Morgan fingerprint density at radius 1 is 1.42 bits per heavy atom. The molecule has 1 aromatic rings. The standard InChI is InChI=1S/C14H22N2O2.ClH/c1-9-6-5-7-12(10(9)2)11(3)16-14(17)13(15)8-18-4;/h5-7,11,13H,8,15H2,1-4H3,(H,16,17);1H. The molecule has 0 fully saturated rings. The van der Waals surface area contributed by atoms with Crippen LogP contribution in [0.4, 0.5) is 0 Å². The number of amides is 1. The Morgan fingerprint density at radius 3 is 2.63 bits per heavy atom. The van der Waals surface area contributed by atoms with Crippen LogP contribution in [-0.4, -0.2) is 25.7 Å². The molecule has 0 heterocycles. The molecule has 0 aromatic heterocycles. The summed E-state index contributed by atoms with van der Waals surface area (Å²) >= 11 is 0. The third-order valence-corrected chi connectivity index (χ3v) is 3.15. The van der Waals surface area contributed by atoms with Gasteiger partial charge in [0.15, 0.2) is 0 Å². The Morgan fingerprint density at radius 2 is 2.05 bits per heavy atom. The number of carbonyl (C=O) groups excluding carboxylic acids is 1. The smallest absolute Gasteiger partial charge is 0.239 e. The zero-order valence-corrected chi connectivity index (χ0v) is 12.7. The van der Waals surface area contributed by atoms with E-state index < -0.39 is 6.04 Å². The number of benzene rings is 1. The molecule has 0 bridgehead atoms. The molecule has 0 aliphatic rings. The quantitative estimate of drug-likeness (QED) is 0.869. The van der Waals surface area contributed by atoms with Gasteiger partial charge in [-0.05, 0) is 37.5 Å². The van der Waals surface area contributed by atoms with Gasteiger partial charge in [-0.1, -0.05) is 18.2 Å². The van der Waals surface area contributed by atoms with Crippen LogP contribution in [0.1, 0.15) is 29.7 Å². The molecule has 5 heteroatoms. The van der Waals surface area contributed by atoms with Crippen molar-refractivity contribution in [3.63, 3.8) is 0 Å². The van der Waals surface area contributed by atoms with Crippen LogP contribution in [0.25, 0.3) is 0 Å². The van der Waals surface area contributed by atoms with E-state index in [-0.39, 0.29) is 31.0 Å². The van der Waals surface area contributed by atoms with Crippen molar-refractivity contribution in [2.45, 2.75) is 32.9 Å². The highest BCUT2D eigenvalue weighted by atomic mass is 35.5. The fourth-order valence-corrected chi connectivity index (χ4v) is 1.90. The van der Waals surface area contributed by atoms with Crippen LogP contribution in [0.3, 0.4) is 0 Å². The maximum Gasteiger partial charge on any atom is 0.239 e. The number of methoxy groups -OCH3 is 1. The number of ether oxygens (including phenoxy) is 1. The summed E-state index contributed by atoms with van der Waals surface area (Å²) in [6, 6.07) is 5.40. The van der Waals surface area contributed by atoms with Crippen LogP contribution in [0.5, 0.6) is 0 Å². The summed E-state index contributed by atoms with van der Waals surface area (Å²) in [4.78, 5) is 11.8. The third kappa shape index (κ3) is 4.82. The molecule has 1 rings (SSSR count). The molecule has 4 nitrogen and oxygen atoms in total. The van der Waals surface area contributed by atoms with E-state index in [9.17, 15) is 4.79 Å². The molecule has 0 spiro atoms. The average molecular weight is 287 g/mol. The van der Waals surface area contributed by atoms with E-state index in [0.29, 0.717) is 0 Å². The highest BCUT2D eigenvalue weighted by Gasteiger charge is 2.17. The Bertz CT molecular complexity index is 424. The van der Waals surface area contributed by atoms with Gasteiger partial charge in [-0.3, -0.25) is 4.79 Å². The van der Waals surface area contributed by atoms with Gasteiger partial charge in [0, 0.05) is 7.11 Å². The largest absolute Gasteiger partial charge is 0.383 e. The molecule has 1 amide bonds. The second-order valence-electron chi connectivity index (χ2n) is 4.58. The third-order valence-electron chi connectivity index (χ3n) is 3.15. The lowest BCUT2D eigenvalue weighted by Gasteiger charge is -2.20. The lowest BCUT2D eigenvalue weighted by atomic mass is 9.98. The van der Waals surface area contributed by atoms with E-state index in [1.165, 1.54) is 18.2 Å². The normalized spacial score (nSPS) is 13.3. The first-order chi connectivity index (χ1) is 8.47. The van der Waals surface area contributed by atoms with Gasteiger partial charge in [-0.15, -0.1) is 12.4 Å². The first kappa shape index (κ1) is 17.9. The number of carbonyl (C=O) groups is 1. The van der Waals surface area contributed by atoms with Crippen LogP contribution in [-0.2, 0) is 9.53 Å². The van der Waals surface area contributed by atoms with Gasteiger partial charge in [0.1, 0.15) is 6.04 Å². The van der Waals surface area contributed by atoms with Crippen LogP contribution < -0.4 is 11.1 Å². The van der Waals surface area contributed by atoms with Crippen molar-refractivity contribution in [3.05, 3.63) is 34.9 Å². The fraction of sp³-hybridized carbons (Fsp3) is 0.500. The number of aryl methyl sites for hydroxylation is 1. The molecule has 1 aromatic carbocycles. The van der Waals surface area contributed by atoms with Crippen molar-refractivity contribution in [2.75, 3.05) is 13.7 Å². The highest BCUT2D eigenvalue weighted by Crippen LogP contribution is 2.19. The van der Waals surface area contributed by atoms with Crippen molar-refractivity contribution in [1.29, 1.82) is 0 Å². The van der Waals surface area contributed by atoms with Crippen molar-refractivity contribution in [1.82, 2.24) is 5.32 Å². The maximum absolute atomic E-state index is 11.8. The van der Waals surface area contributed by atoms with Crippen LogP contribution in [0, 0.1) is 13.8 Å². The van der Waals surface area contributed by atoms with Gasteiger partial charge < -0.3 is 15.8 Å². The molecule has 0 saturated heterocycles. The maximum atomic E-state index is 11.8. The molecule has 2 unspecified atom stereocenters. The minimum Gasteiger partial charge on any atom is -0.383 e. The molecule has 0 aliphatic carbocycles. The Kier molecular flexibility index (Phi) is 7.68. The number of halogens is 1. The van der Waals surface area contributed by atoms with Gasteiger partial charge in [0.05, 0.1) is 12.6 Å². The number of hydrogen-bond donors (Lipinski definition) is 2. The van der Waals surface area contributed by atoms with Crippen LogP contribution in [0.15, 0.2) is 18.2 Å². The summed E-state index contributed by atoms with van der Waals surface area (Å²) < 4.78 is 4.87. The highest BCUT2D eigenvalue weighted by molar-refractivity contribution is 5.85. The minimum absolute atomic E-state index is 0. The molecule has 0 saturated carbocycles. The summed E-state index contributed by atoms with van der Waals surface area (Å²) in [5.41, 5.74) is 9.22. The molecule has 0 radical (unpaired) electrons. The summed E-state index contributed by atoms with van der Waals surface area (Å²) in [7, 11) is 1.53. The molecule has 3 N–H and O–H groups in total. The summed E-state index contributed by atoms with van der Waals surface area (Å²) in [5, 5.41) is 2.90. The molecule has 19 heavy (non-hydrogen) atoms. The number of nitrogens with one attached hydrogen (secondary N) is 1. The lowest BCUT2D eigenvalue weighted by Crippen LogP contribution is -2.44. The van der Waals surface area contributed by atoms with Crippen LogP contribution in [0.2, 0.25) is 0 Å². The van der Waals surface area contributed by atoms with Gasteiger partial charge in [-0.25, -0.2) is 0 Å². The molecule has 0 aliphatic heterocycles. The zero-order valence-electron chi connectivity index (χ0n) is 11.9. The first-order valence-electron chi connectivity index (χ1n) is 6.08. The summed E-state index contributed by atoms with van der Waals surface area (Å²) in [6.45, 7) is 6.30. The van der Waals surface area contributed by atoms with E-state index in [1.54, 1.807) is 0 Å². The van der Waals surface area contributed by atoms with E-state index in [2.05, 4.69) is 25.2 Å². The summed E-state index contributed by atoms with van der Waals surface area (Å²) in [5.74, 6) is -0.190. The van der Waals surface area contributed by atoms with Crippen molar-refractivity contribution in [2.24, 2.45) is 5.73 Å². The average Bonchev–Trinajstić information content (AvgIpc) is 2.32. The van der Waals surface area contributed by atoms with Crippen molar-refractivity contribution in [3.8, 4) is 0 Å².